The number of thiazole rings is 1. The Kier molecular flexibility index (Phi) is 6.08. The number of piperazine rings is 1. The number of nitrogens with zero attached hydrogens (tertiary/aromatic N) is 3. The quantitative estimate of drug-likeness (QED) is 0.846. The average molecular weight is 388 g/mol. The van der Waals surface area contributed by atoms with Gasteiger partial charge in [-0.15, -0.1) is 11.3 Å². The molecule has 0 unspecified atom stereocenters. The molecule has 3 rings (SSSR count). The van der Waals surface area contributed by atoms with Gasteiger partial charge in [-0.3, -0.25) is 10.1 Å². The summed E-state index contributed by atoms with van der Waals surface area (Å²) < 4.78 is 0. The highest BCUT2D eigenvalue weighted by molar-refractivity contribution is 7.13. The molecule has 1 aliphatic heterocycles. The minimum Gasteiger partial charge on any atom is -0.326 e. The Balaban J connectivity index is 1.52. The second-order valence-electron chi connectivity index (χ2n) is 6.97. The predicted octanol–water partition coefficient (Wildman–Crippen LogP) is 2.72. The van der Waals surface area contributed by atoms with E-state index in [2.05, 4.69) is 26.6 Å². The van der Waals surface area contributed by atoms with Crippen LogP contribution in [-0.2, 0) is 11.2 Å². The van der Waals surface area contributed by atoms with Crippen LogP contribution in [0.25, 0.3) is 0 Å². The topological polar surface area (TPSA) is 77.6 Å². The molecule has 0 bridgehead atoms. The van der Waals surface area contributed by atoms with Crippen LogP contribution in [0.1, 0.15) is 16.8 Å². The standard InChI is InChI=1S/C19H25N5O2S/c1-13-8-14(2)10-15(9-13)20-17(25)11-16-12-27-18(21-16)22-19(26)24-6-4-23(3)5-7-24/h8-10,12H,4-7,11H2,1-3H3,(H,20,25)(H,21,22,26). The molecule has 0 atom stereocenters. The SMILES string of the molecule is Cc1cc(C)cc(NC(=O)Cc2csc(NC(=O)N3CCN(C)CC3)n2)c1. The van der Waals surface area contributed by atoms with Crippen molar-refractivity contribution in [3.8, 4) is 0 Å². The monoisotopic (exact) mass is 387 g/mol. The first kappa shape index (κ1) is 19.3. The van der Waals surface area contributed by atoms with Crippen LogP contribution in [0.2, 0.25) is 0 Å². The minimum atomic E-state index is -0.135. The van der Waals surface area contributed by atoms with E-state index >= 15 is 0 Å². The number of likely N-dealkylation sites (N-methyl/N-ethyl adjacent to an activating group) is 1. The van der Waals surface area contributed by atoms with Crippen LogP contribution in [0.5, 0.6) is 0 Å². The van der Waals surface area contributed by atoms with E-state index in [4.69, 9.17) is 0 Å². The number of benzene rings is 1. The molecule has 0 spiro atoms. The third-order valence-corrected chi connectivity index (χ3v) is 5.21. The van der Waals surface area contributed by atoms with Crippen LogP contribution in [0.3, 0.4) is 0 Å². The fourth-order valence-corrected chi connectivity index (χ4v) is 3.74. The molecule has 27 heavy (non-hydrogen) atoms. The second kappa shape index (κ2) is 8.49. The highest BCUT2D eigenvalue weighted by Crippen LogP contribution is 2.18. The molecule has 0 radical (unpaired) electrons. The molecular weight excluding hydrogens is 362 g/mol. The van der Waals surface area contributed by atoms with Crippen LogP contribution < -0.4 is 10.6 Å². The third kappa shape index (κ3) is 5.51. The molecule has 1 aromatic carbocycles. The van der Waals surface area contributed by atoms with Crippen LogP contribution in [0.4, 0.5) is 15.6 Å². The molecule has 1 saturated heterocycles. The number of anilines is 2. The molecule has 2 aromatic rings. The van der Waals surface area contributed by atoms with Crippen molar-refractivity contribution < 1.29 is 9.59 Å². The fourth-order valence-electron chi connectivity index (χ4n) is 3.04. The van der Waals surface area contributed by atoms with E-state index in [1.165, 1.54) is 11.3 Å². The van der Waals surface area contributed by atoms with Crippen molar-refractivity contribution in [3.05, 3.63) is 40.4 Å². The van der Waals surface area contributed by atoms with Gasteiger partial charge >= 0.3 is 6.03 Å². The summed E-state index contributed by atoms with van der Waals surface area (Å²) in [7, 11) is 2.05. The maximum absolute atomic E-state index is 12.3. The van der Waals surface area contributed by atoms with Crippen molar-refractivity contribution in [1.82, 2.24) is 14.8 Å². The molecular formula is C19H25N5O2S. The van der Waals surface area contributed by atoms with Gasteiger partial charge in [-0.05, 0) is 44.2 Å². The van der Waals surface area contributed by atoms with Crippen LogP contribution in [-0.4, -0.2) is 59.9 Å². The van der Waals surface area contributed by atoms with Gasteiger partial charge < -0.3 is 15.1 Å². The number of carbonyl (C=O) groups is 2. The van der Waals surface area contributed by atoms with Gasteiger partial charge in [-0.2, -0.15) is 0 Å². The molecule has 7 nitrogen and oxygen atoms in total. The summed E-state index contributed by atoms with van der Waals surface area (Å²) in [5.74, 6) is -0.123. The van der Waals surface area contributed by atoms with Gasteiger partial charge in [0.25, 0.3) is 0 Å². The molecule has 2 N–H and O–H groups in total. The summed E-state index contributed by atoms with van der Waals surface area (Å²) in [5.41, 5.74) is 3.65. The molecule has 8 heteroatoms. The number of aryl methyl sites for hydroxylation is 2. The summed E-state index contributed by atoms with van der Waals surface area (Å²) in [5, 5.41) is 8.06. The molecule has 2 heterocycles. The summed E-state index contributed by atoms with van der Waals surface area (Å²) in [6.45, 7) is 7.15. The molecule has 1 aromatic heterocycles. The largest absolute Gasteiger partial charge is 0.326 e. The smallest absolute Gasteiger partial charge is 0.323 e. The van der Waals surface area contributed by atoms with Gasteiger partial charge in [0, 0.05) is 37.2 Å². The Morgan fingerprint density at radius 1 is 1.07 bits per heavy atom. The predicted molar refractivity (Wildman–Crippen MR) is 108 cm³/mol. The van der Waals surface area contributed by atoms with E-state index in [0.717, 1.165) is 29.9 Å². The highest BCUT2D eigenvalue weighted by atomic mass is 32.1. The summed E-state index contributed by atoms with van der Waals surface area (Å²) in [4.78, 5) is 32.9. The van der Waals surface area contributed by atoms with Crippen molar-refractivity contribution in [2.45, 2.75) is 20.3 Å². The number of hydrogen-bond donors (Lipinski definition) is 2. The Labute approximate surface area is 163 Å². The Morgan fingerprint density at radius 3 is 2.41 bits per heavy atom. The normalized spacial score (nSPS) is 14.9. The van der Waals surface area contributed by atoms with E-state index in [-0.39, 0.29) is 18.4 Å². The van der Waals surface area contributed by atoms with Gasteiger partial charge in [0.15, 0.2) is 5.13 Å². The molecule has 144 valence electrons. The lowest BCUT2D eigenvalue weighted by Crippen LogP contribution is -2.48. The van der Waals surface area contributed by atoms with E-state index in [0.29, 0.717) is 23.9 Å². The van der Waals surface area contributed by atoms with Crippen molar-refractivity contribution >= 4 is 34.1 Å². The van der Waals surface area contributed by atoms with E-state index in [1.54, 1.807) is 10.3 Å². The second-order valence-corrected chi connectivity index (χ2v) is 7.82. The lowest BCUT2D eigenvalue weighted by molar-refractivity contribution is -0.115. The number of urea groups is 1. The number of aromatic nitrogens is 1. The van der Waals surface area contributed by atoms with Crippen molar-refractivity contribution in [2.24, 2.45) is 0 Å². The Bertz CT molecular complexity index is 807. The van der Waals surface area contributed by atoms with Gasteiger partial charge in [0.2, 0.25) is 5.91 Å². The highest BCUT2D eigenvalue weighted by Gasteiger charge is 2.20. The Hall–Kier alpha value is -2.45. The van der Waals surface area contributed by atoms with E-state index in [9.17, 15) is 9.59 Å². The van der Waals surface area contributed by atoms with Gasteiger partial charge in [-0.1, -0.05) is 6.07 Å². The zero-order chi connectivity index (χ0) is 19.4. The molecule has 1 aliphatic rings. The summed E-state index contributed by atoms with van der Waals surface area (Å²) in [6, 6.07) is 5.80. The van der Waals surface area contributed by atoms with Crippen LogP contribution in [0.15, 0.2) is 23.6 Å². The maximum Gasteiger partial charge on any atom is 0.323 e. The minimum absolute atomic E-state index is 0.123. The Morgan fingerprint density at radius 2 is 1.74 bits per heavy atom. The van der Waals surface area contributed by atoms with Crippen molar-refractivity contribution in [3.63, 3.8) is 0 Å². The van der Waals surface area contributed by atoms with Gasteiger partial charge in [0.1, 0.15) is 0 Å². The number of nitrogens with one attached hydrogen (secondary N) is 2. The molecule has 3 amide bonds. The number of hydrogen-bond acceptors (Lipinski definition) is 5. The van der Waals surface area contributed by atoms with Crippen molar-refractivity contribution in [2.75, 3.05) is 43.9 Å². The average Bonchev–Trinajstić information content (AvgIpc) is 3.01. The number of rotatable bonds is 4. The maximum atomic E-state index is 12.3. The first-order chi connectivity index (χ1) is 12.9. The van der Waals surface area contributed by atoms with E-state index < -0.39 is 0 Å². The zero-order valence-electron chi connectivity index (χ0n) is 15.9. The van der Waals surface area contributed by atoms with E-state index in [1.807, 2.05) is 33.0 Å². The summed E-state index contributed by atoms with van der Waals surface area (Å²) in [6.07, 6.45) is 0.174. The zero-order valence-corrected chi connectivity index (χ0v) is 16.7. The third-order valence-electron chi connectivity index (χ3n) is 4.40. The first-order valence-electron chi connectivity index (χ1n) is 8.96. The van der Waals surface area contributed by atoms with Gasteiger partial charge in [-0.25, -0.2) is 9.78 Å². The lowest BCUT2D eigenvalue weighted by atomic mass is 10.1. The molecule has 0 aliphatic carbocycles. The van der Waals surface area contributed by atoms with Crippen LogP contribution >= 0.6 is 11.3 Å². The fraction of sp³-hybridized carbons (Fsp3) is 0.421. The molecule has 0 saturated carbocycles. The lowest BCUT2D eigenvalue weighted by Gasteiger charge is -2.32. The van der Waals surface area contributed by atoms with Crippen LogP contribution in [0, 0.1) is 13.8 Å². The number of amides is 3. The van der Waals surface area contributed by atoms with Crippen molar-refractivity contribution in [1.29, 1.82) is 0 Å². The molecule has 1 fully saturated rings. The summed E-state index contributed by atoms with van der Waals surface area (Å²) >= 11 is 1.34. The first-order valence-corrected chi connectivity index (χ1v) is 9.84. The number of carbonyl (C=O) groups excluding carboxylic acids is 2. The van der Waals surface area contributed by atoms with Gasteiger partial charge in [0.05, 0.1) is 12.1 Å².